The Morgan fingerprint density at radius 2 is 1.80 bits per heavy atom. The molecule has 0 radical (unpaired) electrons. The van der Waals surface area contributed by atoms with E-state index in [2.05, 4.69) is 10.6 Å². The highest BCUT2D eigenvalue weighted by molar-refractivity contribution is 6.35. The third kappa shape index (κ3) is 6.77. The zero-order valence-corrected chi connectivity index (χ0v) is 15.5. The fourth-order valence-electron chi connectivity index (χ4n) is 2.37. The minimum Gasteiger partial charge on any atom is -0.354 e. The van der Waals surface area contributed by atoms with E-state index in [4.69, 9.17) is 23.2 Å². The van der Waals surface area contributed by atoms with Crippen molar-refractivity contribution in [2.45, 2.75) is 19.8 Å². The second-order valence-corrected chi connectivity index (χ2v) is 6.62. The molecule has 0 aliphatic heterocycles. The van der Waals surface area contributed by atoms with E-state index in [0.29, 0.717) is 23.0 Å². The van der Waals surface area contributed by atoms with Gasteiger partial charge in [0.25, 0.3) is 0 Å². The summed E-state index contributed by atoms with van der Waals surface area (Å²) in [5.41, 5.74) is 2.94. The summed E-state index contributed by atoms with van der Waals surface area (Å²) in [6.07, 6.45) is 0.855. The summed E-state index contributed by atoms with van der Waals surface area (Å²) in [5.74, 6) is -0.413. The summed E-state index contributed by atoms with van der Waals surface area (Å²) in [6, 6.07) is 13.0. The van der Waals surface area contributed by atoms with Crippen molar-refractivity contribution in [3.8, 4) is 0 Å². The Hall–Kier alpha value is -2.04. The first kappa shape index (κ1) is 19.3. The third-order valence-corrected chi connectivity index (χ3v) is 4.21. The highest BCUT2D eigenvalue weighted by atomic mass is 35.5. The molecule has 0 atom stereocenters. The number of carbonyl (C=O) groups excluding carboxylic acids is 2. The van der Waals surface area contributed by atoms with Crippen molar-refractivity contribution in [1.29, 1.82) is 0 Å². The van der Waals surface area contributed by atoms with Gasteiger partial charge in [0.05, 0.1) is 13.0 Å². The molecular weight excluding hydrogens is 359 g/mol. The lowest BCUT2D eigenvalue weighted by molar-refractivity contribution is -0.125. The van der Waals surface area contributed by atoms with Crippen molar-refractivity contribution in [2.75, 3.05) is 13.1 Å². The number of carbonyl (C=O) groups is 2. The molecule has 2 N–H and O–H groups in total. The molecule has 2 aromatic rings. The Kier molecular flexibility index (Phi) is 7.29. The zero-order valence-electron chi connectivity index (χ0n) is 13.9. The predicted octanol–water partition coefficient (Wildman–Crippen LogP) is 3.32. The Morgan fingerprint density at radius 3 is 2.52 bits per heavy atom. The van der Waals surface area contributed by atoms with Gasteiger partial charge in [-0.1, -0.05) is 59.1 Å². The third-order valence-electron chi connectivity index (χ3n) is 3.62. The number of benzene rings is 2. The van der Waals surface area contributed by atoms with Gasteiger partial charge in [0.1, 0.15) is 0 Å². The predicted molar refractivity (Wildman–Crippen MR) is 101 cm³/mol. The van der Waals surface area contributed by atoms with E-state index >= 15 is 0 Å². The van der Waals surface area contributed by atoms with E-state index in [1.165, 1.54) is 0 Å². The Labute approximate surface area is 157 Å². The number of halogens is 2. The minimum absolute atomic E-state index is 0.0427. The number of amides is 2. The fourth-order valence-corrected chi connectivity index (χ4v) is 2.88. The van der Waals surface area contributed by atoms with Crippen LogP contribution in [-0.2, 0) is 22.4 Å². The van der Waals surface area contributed by atoms with Crippen LogP contribution in [0.25, 0.3) is 0 Å². The molecule has 0 unspecified atom stereocenters. The van der Waals surface area contributed by atoms with Crippen LogP contribution < -0.4 is 10.6 Å². The number of nitrogens with one attached hydrogen (secondary N) is 2. The average Bonchev–Trinajstić information content (AvgIpc) is 2.55. The fraction of sp³-hybridized carbons (Fsp3) is 0.263. The van der Waals surface area contributed by atoms with Gasteiger partial charge >= 0.3 is 0 Å². The van der Waals surface area contributed by atoms with Crippen molar-refractivity contribution in [2.24, 2.45) is 0 Å². The molecule has 2 amide bonds. The second kappa shape index (κ2) is 9.44. The van der Waals surface area contributed by atoms with E-state index in [1.54, 1.807) is 12.1 Å². The number of hydrogen-bond donors (Lipinski definition) is 2. The van der Waals surface area contributed by atoms with Gasteiger partial charge in [-0.3, -0.25) is 9.59 Å². The standard InChI is InChI=1S/C19H20Cl2N2O2/c1-13-3-2-4-14(9-13)10-18(24)23-12-19(25)22-8-7-15-5-6-16(20)11-17(15)21/h2-6,9,11H,7-8,10,12H2,1H3,(H,22,25)(H,23,24). The summed E-state index contributed by atoms with van der Waals surface area (Å²) in [7, 11) is 0. The van der Waals surface area contributed by atoms with E-state index in [-0.39, 0.29) is 24.8 Å². The maximum Gasteiger partial charge on any atom is 0.239 e. The highest BCUT2D eigenvalue weighted by Crippen LogP contribution is 2.20. The van der Waals surface area contributed by atoms with Gasteiger partial charge in [-0.15, -0.1) is 0 Å². The van der Waals surface area contributed by atoms with Gasteiger partial charge in [-0.2, -0.15) is 0 Å². The van der Waals surface area contributed by atoms with Gasteiger partial charge in [-0.25, -0.2) is 0 Å². The van der Waals surface area contributed by atoms with Crippen LogP contribution in [0.3, 0.4) is 0 Å². The summed E-state index contributed by atoms with van der Waals surface area (Å²) in [4.78, 5) is 23.7. The molecule has 0 bridgehead atoms. The molecule has 0 saturated heterocycles. The van der Waals surface area contributed by atoms with Crippen molar-refractivity contribution in [3.63, 3.8) is 0 Å². The molecule has 0 fully saturated rings. The first-order chi connectivity index (χ1) is 11.9. The SMILES string of the molecule is Cc1cccc(CC(=O)NCC(=O)NCCc2ccc(Cl)cc2Cl)c1. The van der Waals surface area contributed by atoms with Crippen molar-refractivity contribution >= 4 is 35.0 Å². The van der Waals surface area contributed by atoms with Crippen LogP contribution in [0.5, 0.6) is 0 Å². The molecule has 2 rings (SSSR count). The Morgan fingerprint density at radius 1 is 1.00 bits per heavy atom. The highest BCUT2D eigenvalue weighted by Gasteiger charge is 2.07. The summed E-state index contributed by atoms with van der Waals surface area (Å²) in [6.45, 7) is 2.37. The first-order valence-corrected chi connectivity index (χ1v) is 8.72. The normalized spacial score (nSPS) is 10.4. The second-order valence-electron chi connectivity index (χ2n) is 5.78. The van der Waals surface area contributed by atoms with E-state index in [9.17, 15) is 9.59 Å². The molecule has 0 aliphatic rings. The maximum absolute atomic E-state index is 11.9. The molecule has 2 aromatic carbocycles. The van der Waals surface area contributed by atoms with E-state index in [1.807, 2.05) is 37.3 Å². The van der Waals surface area contributed by atoms with Crippen LogP contribution in [-0.4, -0.2) is 24.9 Å². The van der Waals surface area contributed by atoms with Gasteiger partial charge in [-0.05, 0) is 36.6 Å². The Bertz CT molecular complexity index is 763. The molecule has 6 heteroatoms. The van der Waals surface area contributed by atoms with E-state index < -0.39 is 0 Å². The topological polar surface area (TPSA) is 58.2 Å². The molecule has 0 spiro atoms. The van der Waals surface area contributed by atoms with Gasteiger partial charge in [0.2, 0.25) is 11.8 Å². The smallest absolute Gasteiger partial charge is 0.239 e. The van der Waals surface area contributed by atoms with Gasteiger partial charge in [0, 0.05) is 16.6 Å². The summed E-state index contributed by atoms with van der Waals surface area (Å²) in [5, 5.41) is 6.53. The van der Waals surface area contributed by atoms with Crippen molar-refractivity contribution in [3.05, 3.63) is 69.2 Å². The largest absolute Gasteiger partial charge is 0.354 e. The monoisotopic (exact) mass is 378 g/mol. The van der Waals surface area contributed by atoms with Crippen LogP contribution in [0, 0.1) is 6.92 Å². The molecular formula is C19H20Cl2N2O2. The molecule has 0 heterocycles. The summed E-state index contributed by atoms with van der Waals surface area (Å²) >= 11 is 11.9. The molecule has 132 valence electrons. The lowest BCUT2D eigenvalue weighted by atomic mass is 10.1. The number of rotatable bonds is 7. The van der Waals surface area contributed by atoms with E-state index in [0.717, 1.165) is 16.7 Å². The maximum atomic E-state index is 11.9. The number of aryl methyl sites for hydroxylation is 1. The van der Waals surface area contributed by atoms with Gasteiger partial charge < -0.3 is 10.6 Å². The van der Waals surface area contributed by atoms with Crippen molar-refractivity contribution < 1.29 is 9.59 Å². The number of hydrogen-bond acceptors (Lipinski definition) is 2. The zero-order chi connectivity index (χ0) is 18.2. The summed E-state index contributed by atoms with van der Waals surface area (Å²) < 4.78 is 0. The van der Waals surface area contributed by atoms with Gasteiger partial charge in [0.15, 0.2) is 0 Å². The molecule has 0 aliphatic carbocycles. The van der Waals surface area contributed by atoms with Crippen LogP contribution in [0.15, 0.2) is 42.5 Å². The average molecular weight is 379 g/mol. The molecule has 0 aromatic heterocycles. The van der Waals surface area contributed by atoms with Crippen LogP contribution in [0.2, 0.25) is 10.0 Å². The lowest BCUT2D eigenvalue weighted by Gasteiger charge is -2.08. The lowest BCUT2D eigenvalue weighted by Crippen LogP contribution is -2.38. The van der Waals surface area contributed by atoms with Crippen molar-refractivity contribution in [1.82, 2.24) is 10.6 Å². The molecule has 4 nitrogen and oxygen atoms in total. The first-order valence-electron chi connectivity index (χ1n) is 7.97. The van der Waals surface area contributed by atoms with Crippen LogP contribution in [0.4, 0.5) is 0 Å². The quantitative estimate of drug-likeness (QED) is 0.776. The van der Waals surface area contributed by atoms with Crippen LogP contribution >= 0.6 is 23.2 Å². The molecule has 0 saturated carbocycles. The molecule has 25 heavy (non-hydrogen) atoms. The van der Waals surface area contributed by atoms with Crippen LogP contribution in [0.1, 0.15) is 16.7 Å². The Balaban J connectivity index is 1.69. The minimum atomic E-state index is -0.234.